The van der Waals surface area contributed by atoms with Gasteiger partial charge in [-0.15, -0.1) is 0 Å². The van der Waals surface area contributed by atoms with Crippen molar-refractivity contribution in [3.63, 3.8) is 0 Å². The van der Waals surface area contributed by atoms with Crippen LogP contribution in [0.25, 0.3) is 0 Å². The molecular formula is C17H16N2O2S. The summed E-state index contributed by atoms with van der Waals surface area (Å²) in [5, 5.41) is 12.4. The van der Waals surface area contributed by atoms with Crippen molar-refractivity contribution in [2.75, 3.05) is 12.4 Å². The van der Waals surface area contributed by atoms with Gasteiger partial charge in [-0.05, 0) is 54.9 Å². The highest BCUT2D eigenvalue weighted by Gasteiger charge is 2.51. The molecule has 0 aliphatic heterocycles. The minimum atomic E-state index is -0.731. The van der Waals surface area contributed by atoms with Crippen molar-refractivity contribution in [3.05, 3.63) is 46.0 Å². The molecule has 0 spiro atoms. The van der Waals surface area contributed by atoms with Gasteiger partial charge in [0.05, 0.1) is 16.8 Å². The molecule has 2 aromatic rings. The van der Waals surface area contributed by atoms with Gasteiger partial charge in [-0.1, -0.05) is 18.1 Å². The molecule has 0 atom stereocenters. The van der Waals surface area contributed by atoms with Crippen molar-refractivity contribution in [1.82, 2.24) is 4.37 Å². The molecule has 5 heteroatoms. The van der Waals surface area contributed by atoms with E-state index in [9.17, 15) is 9.90 Å². The lowest BCUT2D eigenvalue weighted by molar-refractivity contribution is -0.140. The summed E-state index contributed by atoms with van der Waals surface area (Å²) in [6.07, 6.45) is 1.44. The van der Waals surface area contributed by atoms with Crippen molar-refractivity contribution < 1.29 is 9.90 Å². The van der Waals surface area contributed by atoms with Crippen LogP contribution in [0.2, 0.25) is 0 Å². The van der Waals surface area contributed by atoms with Gasteiger partial charge in [0.15, 0.2) is 0 Å². The second-order valence-electron chi connectivity index (χ2n) is 5.44. The first-order chi connectivity index (χ1) is 10.6. The number of aromatic nitrogens is 1. The molecule has 0 unspecified atom stereocenters. The van der Waals surface area contributed by atoms with Crippen molar-refractivity contribution in [2.24, 2.45) is 0 Å². The van der Waals surface area contributed by atoms with Gasteiger partial charge in [-0.2, -0.15) is 4.37 Å². The molecular weight excluding hydrogens is 296 g/mol. The summed E-state index contributed by atoms with van der Waals surface area (Å²) in [5.41, 5.74) is 3.01. The molecule has 0 bridgehead atoms. The van der Waals surface area contributed by atoms with Crippen molar-refractivity contribution in [2.45, 2.75) is 25.2 Å². The van der Waals surface area contributed by atoms with E-state index in [1.165, 1.54) is 11.5 Å². The highest BCUT2D eigenvalue weighted by Crippen LogP contribution is 2.48. The van der Waals surface area contributed by atoms with Gasteiger partial charge in [-0.25, -0.2) is 0 Å². The minimum absolute atomic E-state index is 0.653. The molecule has 22 heavy (non-hydrogen) atoms. The van der Waals surface area contributed by atoms with Crippen LogP contribution < -0.4 is 5.32 Å². The summed E-state index contributed by atoms with van der Waals surface area (Å²) in [4.78, 5) is 12.2. The van der Waals surface area contributed by atoms with Crippen LogP contribution in [0.3, 0.4) is 0 Å². The van der Waals surface area contributed by atoms with Crippen LogP contribution in [0.1, 0.15) is 34.5 Å². The molecule has 0 saturated heterocycles. The summed E-state index contributed by atoms with van der Waals surface area (Å²) in [6.45, 7) is 1.95. The Balaban J connectivity index is 1.83. The summed E-state index contributed by atoms with van der Waals surface area (Å²) in [7, 11) is 1.86. The zero-order chi connectivity index (χ0) is 15.7. The first kappa shape index (κ1) is 14.6. The third kappa shape index (κ3) is 2.46. The summed E-state index contributed by atoms with van der Waals surface area (Å²) in [5.74, 6) is 5.50. The largest absolute Gasteiger partial charge is 0.481 e. The molecule has 1 aliphatic rings. The summed E-state index contributed by atoms with van der Waals surface area (Å²) < 4.78 is 4.29. The maximum absolute atomic E-state index is 11.3. The van der Waals surface area contributed by atoms with Gasteiger partial charge in [0.2, 0.25) is 0 Å². The number of nitrogens with one attached hydrogen (secondary N) is 1. The molecule has 112 valence electrons. The molecule has 1 heterocycles. The van der Waals surface area contributed by atoms with Crippen LogP contribution in [0, 0.1) is 18.8 Å². The Bertz CT molecular complexity index is 777. The molecule has 1 aromatic heterocycles. The lowest BCUT2D eigenvalue weighted by Gasteiger charge is -2.09. The third-order valence-corrected chi connectivity index (χ3v) is 4.88. The topological polar surface area (TPSA) is 62.2 Å². The highest BCUT2D eigenvalue weighted by atomic mass is 32.1. The second kappa shape index (κ2) is 5.47. The van der Waals surface area contributed by atoms with E-state index in [0.717, 1.165) is 40.2 Å². The van der Waals surface area contributed by atoms with Gasteiger partial charge >= 0.3 is 5.97 Å². The predicted octanol–water partition coefficient (Wildman–Crippen LogP) is 3.01. The normalized spacial score (nSPS) is 14.8. The van der Waals surface area contributed by atoms with E-state index in [2.05, 4.69) is 21.5 Å². The Hall–Kier alpha value is -2.32. The summed E-state index contributed by atoms with van der Waals surface area (Å²) >= 11 is 1.38. The van der Waals surface area contributed by atoms with E-state index in [0.29, 0.717) is 0 Å². The van der Waals surface area contributed by atoms with E-state index >= 15 is 0 Å². The van der Waals surface area contributed by atoms with Crippen molar-refractivity contribution in [1.29, 1.82) is 0 Å². The lowest BCUT2D eigenvalue weighted by Crippen LogP contribution is -2.19. The average molecular weight is 312 g/mol. The Morgan fingerprint density at radius 2 is 2.00 bits per heavy atom. The quantitative estimate of drug-likeness (QED) is 0.855. The van der Waals surface area contributed by atoms with Crippen LogP contribution in [-0.2, 0) is 10.2 Å². The zero-order valence-electron chi connectivity index (χ0n) is 12.4. The van der Waals surface area contributed by atoms with Gasteiger partial charge in [0, 0.05) is 12.6 Å². The number of carboxylic acids is 1. The number of hydrogen-bond donors (Lipinski definition) is 2. The fourth-order valence-electron chi connectivity index (χ4n) is 2.50. The second-order valence-corrected chi connectivity index (χ2v) is 6.21. The lowest BCUT2D eigenvalue weighted by atomic mass is 9.95. The number of aryl methyl sites for hydroxylation is 1. The first-order valence-corrected chi connectivity index (χ1v) is 7.84. The van der Waals surface area contributed by atoms with Gasteiger partial charge in [0.25, 0.3) is 0 Å². The predicted molar refractivity (Wildman–Crippen MR) is 87.4 cm³/mol. The van der Waals surface area contributed by atoms with Crippen LogP contribution in [0.15, 0.2) is 24.3 Å². The maximum atomic E-state index is 11.3. The Labute approximate surface area is 133 Å². The molecule has 0 radical (unpaired) electrons. The van der Waals surface area contributed by atoms with Crippen LogP contribution in [0.4, 0.5) is 5.69 Å². The Morgan fingerprint density at radius 1 is 1.32 bits per heavy atom. The average Bonchev–Trinajstić information content (AvgIpc) is 3.25. The molecule has 2 N–H and O–H groups in total. The Kier molecular flexibility index (Phi) is 3.63. The number of carbonyl (C=O) groups is 1. The SMILES string of the molecule is CNc1c(C)nsc1C#Cc1ccc(C2(C(=O)O)CC2)cc1. The minimum Gasteiger partial charge on any atom is -0.481 e. The number of nitrogens with zero attached hydrogens (tertiary/aromatic N) is 1. The van der Waals surface area contributed by atoms with Gasteiger partial charge in [-0.3, -0.25) is 4.79 Å². The smallest absolute Gasteiger partial charge is 0.314 e. The van der Waals surface area contributed by atoms with Gasteiger partial charge in [0.1, 0.15) is 4.88 Å². The first-order valence-electron chi connectivity index (χ1n) is 7.07. The standard InChI is InChI=1S/C17H16N2O2S/c1-11-15(18-2)14(22-19-11)8-5-12-3-6-13(7-4-12)17(9-10-17)16(20)21/h3-4,6-7,18H,9-10H2,1-2H3,(H,20,21). The van der Waals surface area contributed by atoms with Crippen LogP contribution >= 0.6 is 11.5 Å². The molecule has 1 aromatic carbocycles. The van der Waals surface area contributed by atoms with E-state index in [1.54, 1.807) is 0 Å². The van der Waals surface area contributed by atoms with E-state index in [1.807, 2.05) is 38.2 Å². The van der Waals surface area contributed by atoms with E-state index < -0.39 is 11.4 Å². The van der Waals surface area contributed by atoms with E-state index in [4.69, 9.17) is 0 Å². The molecule has 0 amide bonds. The fourth-order valence-corrected chi connectivity index (χ4v) is 3.26. The molecule has 3 rings (SSSR count). The number of rotatable bonds is 3. The monoisotopic (exact) mass is 312 g/mol. The zero-order valence-corrected chi connectivity index (χ0v) is 13.3. The third-order valence-electron chi connectivity index (χ3n) is 4.03. The number of anilines is 1. The number of carboxylic acid groups (broad SMARTS) is 1. The molecule has 1 saturated carbocycles. The van der Waals surface area contributed by atoms with Crippen LogP contribution in [-0.4, -0.2) is 22.5 Å². The molecule has 4 nitrogen and oxygen atoms in total. The summed E-state index contributed by atoms with van der Waals surface area (Å²) in [6, 6.07) is 7.53. The van der Waals surface area contributed by atoms with Gasteiger partial charge < -0.3 is 10.4 Å². The van der Waals surface area contributed by atoms with E-state index in [-0.39, 0.29) is 0 Å². The molecule has 1 aliphatic carbocycles. The number of benzene rings is 1. The Morgan fingerprint density at radius 3 is 2.55 bits per heavy atom. The molecule has 1 fully saturated rings. The van der Waals surface area contributed by atoms with Crippen molar-refractivity contribution in [3.8, 4) is 11.8 Å². The number of aliphatic carboxylic acids is 1. The maximum Gasteiger partial charge on any atom is 0.314 e. The highest BCUT2D eigenvalue weighted by molar-refractivity contribution is 7.07. The number of hydrogen-bond acceptors (Lipinski definition) is 4. The van der Waals surface area contributed by atoms with Crippen molar-refractivity contribution >= 4 is 23.2 Å². The fraction of sp³-hybridized carbons (Fsp3) is 0.294. The van der Waals surface area contributed by atoms with Crippen LogP contribution in [0.5, 0.6) is 0 Å².